The number of likely N-dealkylation sites (tertiary alicyclic amines) is 1. The molecule has 2 heterocycles. The third kappa shape index (κ3) is 2.01. The fraction of sp³-hybridized carbons (Fsp3) is 0.909. The predicted octanol–water partition coefficient (Wildman–Crippen LogP) is 1.00. The second kappa shape index (κ2) is 3.46. The van der Waals surface area contributed by atoms with Crippen LogP contribution >= 0.6 is 0 Å². The van der Waals surface area contributed by atoms with Crippen LogP contribution in [0.5, 0.6) is 0 Å². The van der Waals surface area contributed by atoms with Gasteiger partial charge in [0.15, 0.2) is 5.79 Å². The van der Waals surface area contributed by atoms with Crippen molar-refractivity contribution in [1.82, 2.24) is 4.90 Å². The Hall–Kier alpha value is -0.610. The van der Waals surface area contributed by atoms with Crippen LogP contribution in [0.3, 0.4) is 0 Å². The molecule has 0 radical (unpaired) electrons. The topological polar surface area (TPSA) is 38.8 Å². The lowest BCUT2D eigenvalue weighted by molar-refractivity contribution is -0.148. The summed E-state index contributed by atoms with van der Waals surface area (Å²) in [6, 6.07) is 0. The maximum absolute atomic E-state index is 11.3. The summed E-state index contributed by atoms with van der Waals surface area (Å²) in [5.74, 6) is -0.0424. The van der Waals surface area contributed by atoms with Crippen molar-refractivity contribution in [2.45, 2.75) is 45.7 Å². The van der Waals surface area contributed by atoms with Crippen LogP contribution in [0.25, 0.3) is 0 Å². The van der Waals surface area contributed by atoms with Gasteiger partial charge in [0.2, 0.25) is 5.91 Å². The monoisotopic (exact) mass is 213 g/mol. The molecular formula is C11H19NO3. The third-order valence-electron chi connectivity index (χ3n) is 3.14. The Morgan fingerprint density at radius 3 is 2.60 bits per heavy atom. The summed E-state index contributed by atoms with van der Waals surface area (Å²) >= 11 is 0. The van der Waals surface area contributed by atoms with Gasteiger partial charge < -0.3 is 14.4 Å². The van der Waals surface area contributed by atoms with Crippen LogP contribution in [0.15, 0.2) is 0 Å². The van der Waals surface area contributed by atoms with Gasteiger partial charge in [-0.15, -0.1) is 0 Å². The molecule has 0 bridgehead atoms. The van der Waals surface area contributed by atoms with Gasteiger partial charge in [-0.3, -0.25) is 4.79 Å². The quantitative estimate of drug-likeness (QED) is 0.602. The average Bonchev–Trinajstić information content (AvgIpc) is 2.39. The molecule has 0 N–H and O–H groups in total. The van der Waals surface area contributed by atoms with Gasteiger partial charge in [0.1, 0.15) is 6.10 Å². The van der Waals surface area contributed by atoms with E-state index in [1.165, 1.54) is 0 Å². The zero-order valence-electron chi connectivity index (χ0n) is 9.82. The molecule has 2 aliphatic rings. The van der Waals surface area contributed by atoms with Crippen LogP contribution in [0, 0.1) is 5.92 Å². The number of rotatable bonds is 0. The van der Waals surface area contributed by atoms with Crippen LogP contribution in [0.1, 0.15) is 27.7 Å². The Morgan fingerprint density at radius 2 is 2.00 bits per heavy atom. The van der Waals surface area contributed by atoms with Crippen molar-refractivity contribution in [1.29, 1.82) is 0 Å². The third-order valence-corrected chi connectivity index (χ3v) is 3.14. The van der Waals surface area contributed by atoms with Crippen molar-refractivity contribution in [3.63, 3.8) is 0 Å². The highest BCUT2D eigenvalue weighted by molar-refractivity contribution is 5.73. The number of ether oxygens (including phenoxy) is 2. The first-order chi connectivity index (χ1) is 6.89. The average molecular weight is 213 g/mol. The summed E-state index contributed by atoms with van der Waals surface area (Å²) in [4.78, 5) is 13.2. The van der Waals surface area contributed by atoms with Gasteiger partial charge in [-0.1, -0.05) is 6.92 Å². The summed E-state index contributed by atoms with van der Waals surface area (Å²) in [6.07, 6.45) is 0.170. The van der Waals surface area contributed by atoms with E-state index >= 15 is 0 Å². The Bertz CT molecular complexity index is 277. The molecule has 0 aliphatic carbocycles. The zero-order chi connectivity index (χ0) is 11.2. The van der Waals surface area contributed by atoms with Crippen molar-refractivity contribution < 1.29 is 14.3 Å². The minimum atomic E-state index is -0.504. The molecule has 4 nitrogen and oxygen atoms in total. The lowest BCUT2D eigenvalue weighted by atomic mass is 9.94. The number of fused-ring (bicyclic) bond motifs is 1. The van der Waals surface area contributed by atoms with E-state index in [1.54, 1.807) is 6.92 Å². The second-order valence-corrected chi connectivity index (χ2v) is 5.04. The van der Waals surface area contributed by atoms with E-state index in [2.05, 4.69) is 6.92 Å². The fourth-order valence-electron chi connectivity index (χ4n) is 2.49. The summed E-state index contributed by atoms with van der Waals surface area (Å²) < 4.78 is 11.6. The molecule has 2 aliphatic heterocycles. The van der Waals surface area contributed by atoms with E-state index < -0.39 is 5.79 Å². The van der Waals surface area contributed by atoms with Gasteiger partial charge in [-0.2, -0.15) is 0 Å². The van der Waals surface area contributed by atoms with Gasteiger partial charge >= 0.3 is 0 Å². The predicted molar refractivity (Wildman–Crippen MR) is 55.2 cm³/mol. The first kappa shape index (κ1) is 10.9. The van der Waals surface area contributed by atoms with Crippen molar-refractivity contribution >= 4 is 5.91 Å². The maximum atomic E-state index is 11.3. The van der Waals surface area contributed by atoms with E-state index in [0.717, 1.165) is 6.54 Å². The van der Waals surface area contributed by atoms with Crippen molar-refractivity contribution in [2.75, 3.05) is 13.1 Å². The Morgan fingerprint density at radius 1 is 1.33 bits per heavy atom. The number of nitrogens with zero attached hydrogens (tertiary/aromatic N) is 1. The molecular weight excluding hydrogens is 194 g/mol. The lowest BCUT2D eigenvalue weighted by Crippen LogP contribution is -2.51. The number of carbonyl (C=O) groups excluding carboxylic acids is 1. The highest BCUT2D eigenvalue weighted by atomic mass is 16.8. The Kier molecular flexibility index (Phi) is 2.51. The Balaban J connectivity index is 2.10. The van der Waals surface area contributed by atoms with Gasteiger partial charge in [-0.25, -0.2) is 0 Å². The van der Waals surface area contributed by atoms with Crippen LogP contribution in [-0.4, -0.2) is 41.9 Å². The summed E-state index contributed by atoms with van der Waals surface area (Å²) in [5.41, 5.74) is 0. The highest BCUT2D eigenvalue weighted by Gasteiger charge is 2.47. The molecule has 86 valence electrons. The molecule has 4 heteroatoms. The molecule has 0 saturated carbocycles. The largest absolute Gasteiger partial charge is 0.344 e. The van der Waals surface area contributed by atoms with Crippen LogP contribution in [0.2, 0.25) is 0 Å². The maximum Gasteiger partial charge on any atom is 0.219 e. The van der Waals surface area contributed by atoms with Crippen LogP contribution in [-0.2, 0) is 14.3 Å². The van der Waals surface area contributed by atoms with Gasteiger partial charge in [-0.05, 0) is 13.8 Å². The molecule has 1 amide bonds. The SMILES string of the molecule is CC(=O)N1CC(C)C2OC(C)(C)OC2C1. The highest BCUT2D eigenvalue weighted by Crippen LogP contribution is 2.35. The van der Waals surface area contributed by atoms with Crippen molar-refractivity contribution in [2.24, 2.45) is 5.92 Å². The van der Waals surface area contributed by atoms with Gasteiger partial charge in [0.05, 0.1) is 6.10 Å². The van der Waals surface area contributed by atoms with Crippen LogP contribution < -0.4 is 0 Å². The zero-order valence-corrected chi connectivity index (χ0v) is 9.82. The minimum Gasteiger partial charge on any atom is -0.344 e. The van der Waals surface area contributed by atoms with E-state index in [0.29, 0.717) is 12.5 Å². The number of hydrogen-bond acceptors (Lipinski definition) is 3. The molecule has 2 rings (SSSR count). The van der Waals surface area contributed by atoms with E-state index in [-0.39, 0.29) is 18.1 Å². The summed E-state index contributed by atoms with van der Waals surface area (Å²) in [5, 5.41) is 0. The van der Waals surface area contributed by atoms with Crippen molar-refractivity contribution in [3.8, 4) is 0 Å². The summed E-state index contributed by atoms with van der Waals surface area (Å²) in [7, 11) is 0. The lowest BCUT2D eigenvalue weighted by Gasteiger charge is -2.36. The van der Waals surface area contributed by atoms with Crippen LogP contribution in [0.4, 0.5) is 0 Å². The molecule has 0 aromatic heterocycles. The molecule has 0 spiro atoms. The summed E-state index contributed by atoms with van der Waals surface area (Å²) in [6.45, 7) is 9.00. The molecule has 0 aromatic carbocycles. The van der Waals surface area contributed by atoms with E-state index in [4.69, 9.17) is 9.47 Å². The van der Waals surface area contributed by atoms with Crippen molar-refractivity contribution in [3.05, 3.63) is 0 Å². The second-order valence-electron chi connectivity index (χ2n) is 5.04. The molecule has 3 unspecified atom stereocenters. The molecule has 2 fully saturated rings. The number of piperidine rings is 1. The molecule has 3 atom stereocenters. The Labute approximate surface area is 90.5 Å². The molecule has 0 aromatic rings. The smallest absolute Gasteiger partial charge is 0.219 e. The van der Waals surface area contributed by atoms with Gasteiger partial charge in [0.25, 0.3) is 0 Å². The molecule has 2 saturated heterocycles. The number of carbonyl (C=O) groups is 1. The number of hydrogen-bond donors (Lipinski definition) is 0. The van der Waals surface area contributed by atoms with Gasteiger partial charge in [0, 0.05) is 25.9 Å². The number of amides is 1. The minimum absolute atomic E-state index is 0.0349. The fourth-order valence-corrected chi connectivity index (χ4v) is 2.49. The standard InChI is InChI=1S/C11H19NO3/c1-7-5-12(8(2)13)6-9-10(7)15-11(3,4)14-9/h7,9-10H,5-6H2,1-4H3. The van der Waals surface area contributed by atoms with E-state index in [9.17, 15) is 4.79 Å². The first-order valence-electron chi connectivity index (χ1n) is 5.50. The molecule has 15 heavy (non-hydrogen) atoms. The normalized spacial score (nSPS) is 38.9. The first-order valence-corrected chi connectivity index (χ1v) is 5.50. The van der Waals surface area contributed by atoms with E-state index in [1.807, 2.05) is 18.7 Å².